The van der Waals surface area contributed by atoms with E-state index in [9.17, 15) is 10.2 Å². The highest BCUT2D eigenvalue weighted by molar-refractivity contribution is 5.46. The molecule has 0 saturated carbocycles. The lowest BCUT2D eigenvalue weighted by atomic mass is 9.84. The molecule has 2 N–H and O–H groups in total. The number of aliphatic hydroxyl groups is 2. The summed E-state index contributed by atoms with van der Waals surface area (Å²) >= 11 is 0. The molecule has 1 aliphatic rings. The fourth-order valence-electron chi connectivity index (χ4n) is 4.45. The van der Waals surface area contributed by atoms with Crippen molar-refractivity contribution in [1.29, 1.82) is 0 Å². The van der Waals surface area contributed by atoms with Gasteiger partial charge >= 0.3 is 0 Å². The second kappa shape index (κ2) is 10.9. The zero-order chi connectivity index (χ0) is 25.7. The maximum absolute atomic E-state index is 11.4. The summed E-state index contributed by atoms with van der Waals surface area (Å²) in [6.07, 6.45) is -0.950. The van der Waals surface area contributed by atoms with Gasteiger partial charge < -0.3 is 29.2 Å². The average molecular weight is 499 g/mol. The van der Waals surface area contributed by atoms with Crippen molar-refractivity contribution in [3.8, 4) is 23.0 Å². The number of rotatable bonds is 9. The Labute approximate surface area is 216 Å². The van der Waals surface area contributed by atoms with Crippen LogP contribution in [-0.2, 0) is 19.6 Å². The molecule has 0 spiro atoms. The summed E-state index contributed by atoms with van der Waals surface area (Å²) in [7, 11) is 1.58. The Morgan fingerprint density at radius 3 is 2.14 bits per heavy atom. The standard InChI is InChI=1S/C31H30O6/c1-34-29-16-24(12-15-27(29)36-20-23-10-6-3-7-11-23)18-31(33)21-37-28-17-25(13-14-26(28)30(31)32)35-19-22-8-4-2-5-9-22/h2-17,30,32-33H,18-21H2,1H3/t30-,31+/m0/s1. The van der Waals surface area contributed by atoms with Crippen molar-refractivity contribution in [1.82, 2.24) is 0 Å². The first-order valence-corrected chi connectivity index (χ1v) is 12.2. The molecule has 4 aromatic rings. The fraction of sp³-hybridized carbons (Fsp3) is 0.226. The Morgan fingerprint density at radius 2 is 1.46 bits per heavy atom. The second-order valence-electron chi connectivity index (χ2n) is 9.20. The van der Waals surface area contributed by atoms with Gasteiger partial charge in [0.25, 0.3) is 0 Å². The molecule has 1 aliphatic heterocycles. The van der Waals surface area contributed by atoms with Crippen molar-refractivity contribution in [3.05, 3.63) is 119 Å². The van der Waals surface area contributed by atoms with E-state index in [1.54, 1.807) is 25.3 Å². The van der Waals surface area contributed by atoms with Crippen LogP contribution in [0.25, 0.3) is 0 Å². The van der Waals surface area contributed by atoms with Crippen LogP contribution in [0.2, 0.25) is 0 Å². The molecular weight excluding hydrogens is 468 g/mol. The molecule has 190 valence electrons. The second-order valence-corrected chi connectivity index (χ2v) is 9.20. The molecule has 4 aromatic carbocycles. The highest BCUT2D eigenvalue weighted by Gasteiger charge is 2.43. The lowest BCUT2D eigenvalue weighted by Crippen LogP contribution is -2.47. The first kappa shape index (κ1) is 24.7. The topological polar surface area (TPSA) is 77.4 Å². The highest BCUT2D eigenvalue weighted by Crippen LogP contribution is 2.42. The molecule has 0 radical (unpaired) electrons. The van der Waals surface area contributed by atoms with Gasteiger partial charge in [-0.15, -0.1) is 0 Å². The Morgan fingerprint density at radius 1 is 0.784 bits per heavy atom. The molecule has 6 nitrogen and oxygen atoms in total. The first-order valence-electron chi connectivity index (χ1n) is 12.2. The summed E-state index contributed by atoms with van der Waals surface area (Å²) in [5, 5.41) is 22.5. The van der Waals surface area contributed by atoms with Gasteiger partial charge in [0.15, 0.2) is 11.5 Å². The van der Waals surface area contributed by atoms with Crippen molar-refractivity contribution >= 4 is 0 Å². The average Bonchev–Trinajstić information content (AvgIpc) is 2.94. The maximum atomic E-state index is 11.4. The number of fused-ring (bicyclic) bond motifs is 1. The van der Waals surface area contributed by atoms with E-state index < -0.39 is 11.7 Å². The van der Waals surface area contributed by atoms with Gasteiger partial charge in [0.2, 0.25) is 0 Å². The van der Waals surface area contributed by atoms with Gasteiger partial charge in [-0.05, 0) is 41.0 Å². The van der Waals surface area contributed by atoms with Gasteiger partial charge in [0.05, 0.1) is 7.11 Å². The lowest BCUT2D eigenvalue weighted by molar-refractivity contribution is -0.114. The molecule has 0 amide bonds. The van der Waals surface area contributed by atoms with Crippen LogP contribution in [0.5, 0.6) is 23.0 Å². The molecule has 37 heavy (non-hydrogen) atoms. The van der Waals surface area contributed by atoms with Crippen molar-refractivity contribution < 1.29 is 29.2 Å². The monoisotopic (exact) mass is 498 g/mol. The summed E-state index contributed by atoms with van der Waals surface area (Å²) < 4.78 is 23.2. The summed E-state index contributed by atoms with van der Waals surface area (Å²) in [4.78, 5) is 0. The van der Waals surface area contributed by atoms with E-state index in [1.165, 1.54) is 0 Å². The van der Waals surface area contributed by atoms with Crippen molar-refractivity contribution in [2.24, 2.45) is 0 Å². The minimum Gasteiger partial charge on any atom is -0.493 e. The Balaban J connectivity index is 1.26. The summed E-state index contributed by atoms with van der Waals surface area (Å²) in [6, 6.07) is 30.6. The maximum Gasteiger partial charge on any atom is 0.161 e. The van der Waals surface area contributed by atoms with Crippen LogP contribution in [0.4, 0.5) is 0 Å². The van der Waals surface area contributed by atoms with Crippen LogP contribution in [-0.4, -0.2) is 29.5 Å². The number of methoxy groups -OCH3 is 1. The fourth-order valence-corrected chi connectivity index (χ4v) is 4.45. The zero-order valence-electron chi connectivity index (χ0n) is 20.7. The third kappa shape index (κ3) is 5.71. The molecule has 0 aromatic heterocycles. The van der Waals surface area contributed by atoms with E-state index in [0.717, 1.165) is 16.7 Å². The number of hydrogen-bond acceptors (Lipinski definition) is 6. The molecule has 1 heterocycles. The molecule has 0 bridgehead atoms. The summed E-state index contributed by atoms with van der Waals surface area (Å²) in [5.41, 5.74) is 1.92. The van der Waals surface area contributed by atoms with Crippen LogP contribution in [0, 0.1) is 0 Å². The van der Waals surface area contributed by atoms with E-state index >= 15 is 0 Å². The Kier molecular flexibility index (Phi) is 7.30. The quantitative estimate of drug-likeness (QED) is 0.328. The van der Waals surface area contributed by atoms with Crippen LogP contribution in [0.3, 0.4) is 0 Å². The number of benzene rings is 4. The lowest BCUT2D eigenvalue weighted by Gasteiger charge is -2.38. The summed E-state index contributed by atoms with van der Waals surface area (Å²) in [6.45, 7) is 0.789. The van der Waals surface area contributed by atoms with Gasteiger partial charge in [-0.1, -0.05) is 66.7 Å². The molecule has 0 unspecified atom stereocenters. The molecular formula is C31H30O6. The first-order chi connectivity index (χ1) is 18.0. The van der Waals surface area contributed by atoms with E-state index in [-0.39, 0.29) is 13.0 Å². The van der Waals surface area contributed by atoms with E-state index in [1.807, 2.05) is 78.9 Å². The van der Waals surface area contributed by atoms with E-state index in [0.29, 0.717) is 41.8 Å². The predicted molar refractivity (Wildman–Crippen MR) is 140 cm³/mol. The van der Waals surface area contributed by atoms with E-state index in [2.05, 4.69) is 0 Å². The minimum absolute atomic E-state index is 0.0577. The van der Waals surface area contributed by atoms with E-state index in [4.69, 9.17) is 18.9 Å². The molecule has 6 heteroatoms. The van der Waals surface area contributed by atoms with Gasteiger partial charge in [0, 0.05) is 18.1 Å². The third-order valence-electron chi connectivity index (χ3n) is 6.49. The zero-order valence-corrected chi connectivity index (χ0v) is 20.7. The van der Waals surface area contributed by atoms with Gasteiger partial charge in [0.1, 0.15) is 43.0 Å². The predicted octanol–water partition coefficient (Wildman–Crippen LogP) is 5.25. The number of aliphatic hydroxyl groups excluding tert-OH is 1. The minimum atomic E-state index is -1.50. The summed E-state index contributed by atoms with van der Waals surface area (Å²) in [5.74, 6) is 2.31. The third-order valence-corrected chi connectivity index (χ3v) is 6.49. The van der Waals surface area contributed by atoms with Crippen molar-refractivity contribution in [2.75, 3.05) is 13.7 Å². The molecule has 0 aliphatic carbocycles. The van der Waals surface area contributed by atoms with Crippen LogP contribution < -0.4 is 18.9 Å². The van der Waals surface area contributed by atoms with Crippen LogP contribution in [0.1, 0.15) is 28.4 Å². The molecule has 2 atom stereocenters. The van der Waals surface area contributed by atoms with Crippen molar-refractivity contribution in [2.45, 2.75) is 31.3 Å². The number of ether oxygens (including phenoxy) is 4. The Bertz CT molecular complexity index is 1320. The van der Waals surface area contributed by atoms with Gasteiger partial charge in [-0.3, -0.25) is 0 Å². The van der Waals surface area contributed by atoms with Gasteiger partial charge in [-0.25, -0.2) is 0 Å². The SMILES string of the molecule is COc1cc(C[C@@]2(O)COc3cc(OCc4ccccc4)ccc3[C@@H]2O)ccc1OCc1ccccc1. The molecule has 5 rings (SSSR count). The highest BCUT2D eigenvalue weighted by atomic mass is 16.5. The molecule has 0 saturated heterocycles. The largest absolute Gasteiger partial charge is 0.493 e. The van der Waals surface area contributed by atoms with Crippen LogP contribution >= 0.6 is 0 Å². The van der Waals surface area contributed by atoms with Gasteiger partial charge in [-0.2, -0.15) is 0 Å². The smallest absolute Gasteiger partial charge is 0.161 e. The van der Waals surface area contributed by atoms with Crippen molar-refractivity contribution in [3.63, 3.8) is 0 Å². The normalized spacial score (nSPS) is 18.4. The Hall–Kier alpha value is -4.00. The van der Waals surface area contributed by atoms with Crippen LogP contribution in [0.15, 0.2) is 97.1 Å². The molecule has 0 fully saturated rings. The number of hydrogen-bond donors (Lipinski definition) is 2.